The molecule has 0 aliphatic heterocycles. The molecule has 2 nitrogen and oxygen atoms in total. The summed E-state index contributed by atoms with van der Waals surface area (Å²) < 4.78 is 35.7. The molecule has 0 aromatic heterocycles. The summed E-state index contributed by atoms with van der Waals surface area (Å²) >= 11 is 0. The predicted octanol–water partition coefficient (Wildman–Crippen LogP) is -1.74. The Morgan fingerprint density at radius 1 is 1.00 bits per heavy atom. The molecule has 7 heteroatoms. The number of hydrogen-bond acceptors (Lipinski definition) is 2. The zero-order valence-electron chi connectivity index (χ0n) is 9.43. The van der Waals surface area contributed by atoms with Gasteiger partial charge < -0.3 is 22.7 Å². The first-order valence-corrected chi connectivity index (χ1v) is 4.35. The van der Waals surface area contributed by atoms with Crippen LogP contribution < -0.4 is 51.4 Å². The maximum atomic E-state index is 11.9. The molecule has 80 valence electrons. The molecule has 0 radical (unpaired) electrons. The molecule has 14 heavy (non-hydrogen) atoms. The summed E-state index contributed by atoms with van der Waals surface area (Å²) in [5, 5.41) is 0. The molecule has 0 unspecified atom stereocenters. The molecule has 0 aliphatic carbocycles. The predicted molar refractivity (Wildman–Crippen MR) is 49.7 cm³/mol. The van der Waals surface area contributed by atoms with Gasteiger partial charge in [-0.05, 0) is 47.1 Å². The third-order valence-corrected chi connectivity index (χ3v) is 1.66. The van der Waals surface area contributed by atoms with Gasteiger partial charge in [0.1, 0.15) is 0 Å². The Balaban J connectivity index is 0. The number of halogens is 3. The van der Waals surface area contributed by atoms with Crippen LogP contribution >= 0.6 is 0 Å². The summed E-state index contributed by atoms with van der Waals surface area (Å²) in [6.07, 6.45) is 0.0170. The van der Waals surface area contributed by atoms with E-state index in [1.54, 1.807) is 0 Å². The van der Waals surface area contributed by atoms with Crippen LogP contribution in [0.3, 0.4) is 0 Å². The van der Waals surface area contributed by atoms with Gasteiger partial charge in [0.05, 0.1) is 0 Å². The van der Waals surface area contributed by atoms with Crippen LogP contribution in [0.15, 0.2) is 0 Å². The van der Waals surface area contributed by atoms with Crippen molar-refractivity contribution in [3.63, 3.8) is 0 Å². The molecule has 0 N–H and O–H groups in total. The molecule has 0 bridgehead atoms. The van der Waals surface area contributed by atoms with Crippen LogP contribution in [-0.4, -0.2) is 57.5 Å². The van der Waals surface area contributed by atoms with E-state index in [-0.39, 0.29) is 51.4 Å². The first kappa shape index (κ1) is 17.8. The van der Waals surface area contributed by atoms with Crippen molar-refractivity contribution in [2.45, 2.75) is 6.42 Å². The van der Waals surface area contributed by atoms with Crippen molar-refractivity contribution in [3.05, 3.63) is 0 Å². The van der Waals surface area contributed by atoms with Gasteiger partial charge in [-0.3, -0.25) is 0 Å². The molecular formula is C7H17BF3KN2. The van der Waals surface area contributed by atoms with Crippen LogP contribution in [0.5, 0.6) is 0 Å². The Labute approximate surface area is 127 Å². The second-order valence-electron chi connectivity index (χ2n) is 3.63. The second kappa shape index (κ2) is 8.55. The first-order chi connectivity index (χ1) is 5.81. The van der Waals surface area contributed by atoms with E-state index in [1.807, 2.05) is 19.0 Å². The summed E-state index contributed by atoms with van der Waals surface area (Å²) in [4.78, 5) is 3.29. The van der Waals surface area contributed by atoms with Crippen molar-refractivity contribution in [1.29, 1.82) is 0 Å². The fraction of sp³-hybridized carbons (Fsp3) is 1.00. The van der Waals surface area contributed by atoms with Gasteiger partial charge in [-0.25, -0.2) is 0 Å². The molecule has 0 fully saturated rings. The van der Waals surface area contributed by atoms with Gasteiger partial charge >= 0.3 is 58.4 Å². The first-order valence-electron chi connectivity index (χ1n) is 4.35. The van der Waals surface area contributed by atoms with Crippen LogP contribution in [0.2, 0.25) is 0 Å². The van der Waals surface area contributed by atoms with E-state index in [9.17, 15) is 12.9 Å². The molecular weight excluding hydrogens is 219 g/mol. The van der Waals surface area contributed by atoms with E-state index in [0.717, 1.165) is 13.0 Å². The zero-order chi connectivity index (χ0) is 10.5. The summed E-state index contributed by atoms with van der Waals surface area (Å²) in [5.74, 6) is 0. The average molecular weight is 236 g/mol. The summed E-state index contributed by atoms with van der Waals surface area (Å²) in [6.45, 7) is -3.34. The quantitative estimate of drug-likeness (QED) is 0.505. The molecule has 0 saturated heterocycles. The Morgan fingerprint density at radius 3 is 1.86 bits per heavy atom. The Hall–Kier alpha value is 1.41. The second-order valence-corrected chi connectivity index (χ2v) is 3.63. The van der Waals surface area contributed by atoms with Crippen LogP contribution in [0, 0.1) is 0 Å². The Bertz CT molecular complexity index is 143. The molecule has 0 heterocycles. The van der Waals surface area contributed by atoms with Crippen LogP contribution in [0.25, 0.3) is 0 Å². The molecule has 0 spiro atoms. The normalized spacial score (nSPS) is 12.0. The summed E-state index contributed by atoms with van der Waals surface area (Å²) in [5.41, 5.74) is 0. The third-order valence-electron chi connectivity index (χ3n) is 1.66. The van der Waals surface area contributed by atoms with Crippen molar-refractivity contribution in [2.24, 2.45) is 0 Å². The van der Waals surface area contributed by atoms with Gasteiger partial charge in [-0.1, -0.05) is 0 Å². The van der Waals surface area contributed by atoms with Crippen molar-refractivity contribution in [2.75, 3.05) is 40.7 Å². The van der Waals surface area contributed by atoms with Crippen molar-refractivity contribution >= 4 is 6.98 Å². The van der Waals surface area contributed by atoms with Crippen LogP contribution in [-0.2, 0) is 0 Å². The maximum absolute atomic E-state index is 11.9. The molecule has 0 amide bonds. The van der Waals surface area contributed by atoms with E-state index in [1.165, 1.54) is 11.9 Å². The minimum atomic E-state index is -4.67. The Morgan fingerprint density at radius 2 is 1.50 bits per heavy atom. The van der Waals surface area contributed by atoms with Crippen LogP contribution in [0.1, 0.15) is 6.42 Å². The number of nitrogens with zero attached hydrogens (tertiary/aromatic N) is 2. The monoisotopic (exact) mass is 236 g/mol. The topological polar surface area (TPSA) is 6.48 Å². The van der Waals surface area contributed by atoms with E-state index in [0.29, 0.717) is 6.54 Å². The molecule has 0 saturated carbocycles. The van der Waals surface area contributed by atoms with Gasteiger partial charge in [0.25, 0.3) is 0 Å². The fourth-order valence-electron chi connectivity index (χ4n) is 1.10. The van der Waals surface area contributed by atoms with E-state index < -0.39 is 13.4 Å². The molecule has 0 atom stereocenters. The van der Waals surface area contributed by atoms with E-state index >= 15 is 0 Å². The van der Waals surface area contributed by atoms with Gasteiger partial charge in [-0.2, -0.15) is 0 Å². The number of hydrogen-bond donors (Lipinski definition) is 0. The van der Waals surface area contributed by atoms with E-state index in [2.05, 4.69) is 0 Å². The van der Waals surface area contributed by atoms with E-state index in [4.69, 9.17) is 0 Å². The summed E-state index contributed by atoms with van der Waals surface area (Å²) in [7, 11) is 5.33. The average Bonchev–Trinajstić information content (AvgIpc) is 1.81. The van der Waals surface area contributed by atoms with Gasteiger partial charge in [-0.15, -0.1) is 0 Å². The zero-order valence-corrected chi connectivity index (χ0v) is 12.6. The standard InChI is InChI=1S/C7H17BF3N2.K/c1-12(2)5-4-6-13(3)7-8(9,10)11;/h4-7H2,1-3H3;/q-1;+1. The van der Waals surface area contributed by atoms with Crippen molar-refractivity contribution < 1.29 is 64.3 Å². The minimum absolute atomic E-state index is 0. The summed E-state index contributed by atoms with van der Waals surface area (Å²) in [6, 6.07) is 0. The molecule has 0 rings (SSSR count). The molecule has 0 aromatic carbocycles. The van der Waals surface area contributed by atoms with Crippen molar-refractivity contribution in [3.8, 4) is 0 Å². The minimum Gasteiger partial charge on any atom is -0.448 e. The SMILES string of the molecule is CN(C)CCCN(C)C[B-](F)(F)F.[K+]. The molecule has 0 aliphatic rings. The Kier molecular flexibility index (Phi) is 10.9. The van der Waals surface area contributed by atoms with Gasteiger partial charge in [0.15, 0.2) is 0 Å². The smallest absolute Gasteiger partial charge is 0.448 e. The van der Waals surface area contributed by atoms with Crippen molar-refractivity contribution in [1.82, 2.24) is 9.80 Å². The fourth-order valence-corrected chi connectivity index (χ4v) is 1.10. The molecule has 0 aromatic rings. The third kappa shape index (κ3) is 13.4. The van der Waals surface area contributed by atoms with Gasteiger partial charge in [0.2, 0.25) is 0 Å². The van der Waals surface area contributed by atoms with Crippen LogP contribution in [0.4, 0.5) is 12.9 Å². The number of rotatable bonds is 6. The van der Waals surface area contributed by atoms with Gasteiger partial charge in [0, 0.05) is 0 Å². The largest absolute Gasteiger partial charge is 1.00 e. The maximum Gasteiger partial charge on any atom is 1.00 e.